The number of rotatable bonds is 4. The van der Waals surface area contributed by atoms with Gasteiger partial charge in [0.05, 0.1) is 5.41 Å². The summed E-state index contributed by atoms with van der Waals surface area (Å²) in [5.41, 5.74) is -0.838. The van der Waals surface area contributed by atoms with Gasteiger partial charge in [-0.05, 0) is 31.6 Å². The van der Waals surface area contributed by atoms with Crippen LogP contribution in [0.1, 0.15) is 39.0 Å². The minimum absolute atomic E-state index is 0.0251. The molecule has 5 heteroatoms. The highest BCUT2D eigenvalue weighted by Crippen LogP contribution is 2.33. The fourth-order valence-corrected chi connectivity index (χ4v) is 3.15. The van der Waals surface area contributed by atoms with E-state index in [1.165, 1.54) is 0 Å². The number of carboxylic acids is 1. The van der Waals surface area contributed by atoms with E-state index in [-0.39, 0.29) is 18.4 Å². The monoisotopic (exact) mass is 269 g/mol. The van der Waals surface area contributed by atoms with Crippen LogP contribution in [-0.4, -0.2) is 36.7 Å². The Morgan fingerprint density at radius 2 is 2.00 bits per heavy atom. The minimum Gasteiger partial charge on any atom is -0.481 e. The Labute approximate surface area is 113 Å². The zero-order valence-corrected chi connectivity index (χ0v) is 11.5. The first-order valence-corrected chi connectivity index (χ1v) is 7.14. The maximum Gasteiger partial charge on any atom is 0.311 e. The van der Waals surface area contributed by atoms with E-state index >= 15 is 0 Å². The third kappa shape index (κ3) is 3.08. The van der Waals surface area contributed by atoms with E-state index < -0.39 is 11.4 Å². The second-order valence-electron chi connectivity index (χ2n) is 5.93. The molecule has 19 heavy (non-hydrogen) atoms. The van der Waals surface area contributed by atoms with Crippen LogP contribution in [-0.2, 0) is 14.3 Å². The van der Waals surface area contributed by atoms with Gasteiger partial charge in [0.25, 0.3) is 0 Å². The van der Waals surface area contributed by atoms with Gasteiger partial charge in [0, 0.05) is 25.7 Å². The highest BCUT2D eigenvalue weighted by Gasteiger charge is 2.41. The quantitative estimate of drug-likeness (QED) is 0.809. The average molecular weight is 269 g/mol. The van der Waals surface area contributed by atoms with Crippen molar-refractivity contribution in [3.8, 4) is 0 Å². The number of amides is 1. The highest BCUT2D eigenvalue weighted by molar-refractivity contribution is 5.81. The predicted octanol–water partition coefficient (Wildman–Crippen LogP) is 1.42. The summed E-state index contributed by atoms with van der Waals surface area (Å²) >= 11 is 0. The zero-order valence-electron chi connectivity index (χ0n) is 11.5. The molecular formula is C14H23NO4. The summed E-state index contributed by atoms with van der Waals surface area (Å²) in [6, 6.07) is 0. The molecule has 0 aromatic heterocycles. The lowest BCUT2D eigenvalue weighted by atomic mass is 9.80. The van der Waals surface area contributed by atoms with Gasteiger partial charge in [-0.25, -0.2) is 0 Å². The summed E-state index contributed by atoms with van der Waals surface area (Å²) in [6.45, 7) is 3.25. The smallest absolute Gasteiger partial charge is 0.311 e. The summed E-state index contributed by atoms with van der Waals surface area (Å²) in [7, 11) is 0. The van der Waals surface area contributed by atoms with Crippen molar-refractivity contribution in [3.63, 3.8) is 0 Å². The number of hydrogen-bond acceptors (Lipinski definition) is 3. The summed E-state index contributed by atoms with van der Waals surface area (Å²) in [5, 5.41) is 12.3. The van der Waals surface area contributed by atoms with Crippen LogP contribution >= 0.6 is 0 Å². The maximum atomic E-state index is 12.1. The Morgan fingerprint density at radius 3 is 2.53 bits per heavy atom. The molecule has 5 nitrogen and oxygen atoms in total. The molecular weight excluding hydrogens is 246 g/mol. The normalized spacial score (nSPS) is 29.9. The van der Waals surface area contributed by atoms with E-state index in [2.05, 4.69) is 12.2 Å². The number of aliphatic carboxylic acids is 1. The first-order chi connectivity index (χ1) is 9.05. The van der Waals surface area contributed by atoms with Gasteiger partial charge >= 0.3 is 5.97 Å². The lowest BCUT2D eigenvalue weighted by Gasteiger charge is -2.33. The molecule has 0 radical (unpaired) electrons. The second-order valence-corrected chi connectivity index (χ2v) is 5.93. The number of carboxylic acid groups (broad SMARTS) is 1. The summed E-state index contributed by atoms with van der Waals surface area (Å²) in [6.07, 6.45) is 4.06. The summed E-state index contributed by atoms with van der Waals surface area (Å²) in [5.74, 6) is -0.325. The molecule has 2 rings (SSSR count). The molecule has 1 aliphatic heterocycles. The van der Waals surface area contributed by atoms with E-state index in [4.69, 9.17) is 4.74 Å². The van der Waals surface area contributed by atoms with E-state index in [9.17, 15) is 14.7 Å². The van der Waals surface area contributed by atoms with Gasteiger partial charge in [0.15, 0.2) is 0 Å². The lowest BCUT2D eigenvalue weighted by Crippen LogP contribution is -2.47. The van der Waals surface area contributed by atoms with Gasteiger partial charge in [-0.3, -0.25) is 9.59 Å². The molecule has 1 heterocycles. The molecule has 2 N–H and O–H groups in total. The number of carbonyl (C=O) groups is 2. The van der Waals surface area contributed by atoms with Gasteiger partial charge in [0.1, 0.15) is 0 Å². The Morgan fingerprint density at radius 1 is 1.32 bits per heavy atom. The summed E-state index contributed by atoms with van der Waals surface area (Å²) < 4.78 is 5.22. The van der Waals surface area contributed by atoms with Crippen LogP contribution < -0.4 is 5.32 Å². The third-order valence-corrected chi connectivity index (χ3v) is 4.70. The number of hydrogen-bond donors (Lipinski definition) is 2. The van der Waals surface area contributed by atoms with Crippen LogP contribution in [0, 0.1) is 17.3 Å². The van der Waals surface area contributed by atoms with Crippen molar-refractivity contribution in [2.45, 2.75) is 39.0 Å². The van der Waals surface area contributed by atoms with E-state index in [0.717, 1.165) is 19.3 Å². The van der Waals surface area contributed by atoms with Crippen molar-refractivity contribution < 1.29 is 19.4 Å². The van der Waals surface area contributed by atoms with E-state index in [0.29, 0.717) is 32.0 Å². The first-order valence-electron chi connectivity index (χ1n) is 7.14. The maximum absolute atomic E-state index is 12.1. The number of carbonyl (C=O) groups excluding carboxylic acids is 1. The number of nitrogens with one attached hydrogen (secondary N) is 1. The molecule has 0 aromatic carbocycles. The van der Waals surface area contributed by atoms with Crippen LogP contribution in [0.2, 0.25) is 0 Å². The van der Waals surface area contributed by atoms with Gasteiger partial charge in [-0.15, -0.1) is 0 Å². The molecule has 2 fully saturated rings. The van der Waals surface area contributed by atoms with Crippen molar-refractivity contribution in [1.29, 1.82) is 0 Å². The Kier molecular flexibility index (Phi) is 4.45. The van der Waals surface area contributed by atoms with Crippen molar-refractivity contribution >= 4 is 11.9 Å². The second kappa shape index (κ2) is 5.90. The molecule has 2 atom stereocenters. The topological polar surface area (TPSA) is 75.6 Å². The fourth-order valence-electron chi connectivity index (χ4n) is 3.15. The standard InChI is InChI=1S/C14H23NO4/c1-10-3-2-4-11(10)12(16)15-9-14(13(17)18)5-7-19-8-6-14/h10-11H,2-9H2,1H3,(H,15,16)(H,17,18). The molecule has 0 spiro atoms. The highest BCUT2D eigenvalue weighted by atomic mass is 16.5. The molecule has 2 aliphatic rings. The predicted molar refractivity (Wildman–Crippen MR) is 69.6 cm³/mol. The number of ether oxygens (including phenoxy) is 1. The van der Waals surface area contributed by atoms with Crippen molar-refractivity contribution in [2.75, 3.05) is 19.8 Å². The van der Waals surface area contributed by atoms with Crippen LogP contribution in [0.5, 0.6) is 0 Å². The first kappa shape index (κ1) is 14.3. The van der Waals surface area contributed by atoms with Crippen LogP contribution in [0.4, 0.5) is 0 Å². The van der Waals surface area contributed by atoms with Crippen LogP contribution in [0.25, 0.3) is 0 Å². The molecule has 1 saturated carbocycles. The minimum atomic E-state index is -0.838. The molecule has 1 saturated heterocycles. The van der Waals surface area contributed by atoms with Crippen LogP contribution in [0.3, 0.4) is 0 Å². The van der Waals surface area contributed by atoms with Gasteiger partial charge in [-0.1, -0.05) is 13.3 Å². The Hall–Kier alpha value is -1.10. The SMILES string of the molecule is CC1CCCC1C(=O)NCC1(C(=O)O)CCOCC1. The molecule has 2 unspecified atom stereocenters. The molecule has 1 aliphatic carbocycles. The average Bonchev–Trinajstić information content (AvgIpc) is 2.83. The summed E-state index contributed by atoms with van der Waals surface area (Å²) in [4.78, 5) is 23.6. The van der Waals surface area contributed by atoms with Gasteiger partial charge in [0.2, 0.25) is 5.91 Å². The fraction of sp³-hybridized carbons (Fsp3) is 0.857. The van der Waals surface area contributed by atoms with Crippen molar-refractivity contribution in [2.24, 2.45) is 17.3 Å². The van der Waals surface area contributed by atoms with E-state index in [1.54, 1.807) is 0 Å². The van der Waals surface area contributed by atoms with Crippen molar-refractivity contribution in [3.05, 3.63) is 0 Å². The molecule has 1 amide bonds. The molecule has 108 valence electrons. The van der Waals surface area contributed by atoms with Crippen molar-refractivity contribution in [1.82, 2.24) is 5.32 Å². The largest absolute Gasteiger partial charge is 0.481 e. The molecule has 0 bridgehead atoms. The lowest BCUT2D eigenvalue weighted by molar-refractivity contribution is -0.154. The zero-order chi connectivity index (χ0) is 13.9. The van der Waals surface area contributed by atoms with E-state index in [1.807, 2.05) is 0 Å². The Bertz CT molecular complexity index is 349. The van der Waals surface area contributed by atoms with Crippen LogP contribution in [0.15, 0.2) is 0 Å². The van der Waals surface area contributed by atoms with Gasteiger partial charge in [-0.2, -0.15) is 0 Å². The third-order valence-electron chi connectivity index (χ3n) is 4.70. The molecule has 0 aromatic rings. The Balaban J connectivity index is 1.91. The van der Waals surface area contributed by atoms with Gasteiger partial charge < -0.3 is 15.2 Å².